The lowest BCUT2D eigenvalue weighted by Gasteiger charge is -2.07. The lowest BCUT2D eigenvalue weighted by atomic mass is 10.2. The van der Waals surface area contributed by atoms with Crippen molar-refractivity contribution in [2.45, 2.75) is 0 Å². The zero-order valence-electron chi connectivity index (χ0n) is 8.85. The van der Waals surface area contributed by atoms with Gasteiger partial charge in [0.15, 0.2) is 0 Å². The van der Waals surface area contributed by atoms with Crippen molar-refractivity contribution in [2.75, 3.05) is 11.1 Å². The Morgan fingerprint density at radius 2 is 2.00 bits per heavy atom. The molecule has 6 nitrogen and oxygen atoms in total. The van der Waals surface area contributed by atoms with Gasteiger partial charge in [0, 0.05) is 0 Å². The number of halogens is 2. The Hall–Kier alpha value is -2.10. The molecular weight excluding hydrogens is 275 g/mol. The predicted molar refractivity (Wildman–Crippen MR) is 68.7 cm³/mol. The van der Waals surface area contributed by atoms with Crippen LogP contribution in [0.15, 0.2) is 18.2 Å². The molecule has 8 heteroatoms. The highest BCUT2D eigenvalue weighted by molar-refractivity contribution is 6.33. The third kappa shape index (κ3) is 2.77. The minimum Gasteiger partial charge on any atom is -0.368 e. The number of hydrogen-bond acceptors (Lipinski definition) is 6. The summed E-state index contributed by atoms with van der Waals surface area (Å²) >= 11 is 11.6. The fourth-order valence-electron chi connectivity index (χ4n) is 1.23. The van der Waals surface area contributed by atoms with Crippen LogP contribution in [0.5, 0.6) is 0 Å². The maximum Gasteiger partial charge on any atom is 0.233 e. The van der Waals surface area contributed by atoms with Crippen LogP contribution < -0.4 is 11.1 Å². The molecule has 1 aromatic carbocycles. The minimum absolute atomic E-state index is 0.00210. The second-order valence-electron chi connectivity index (χ2n) is 3.22. The highest BCUT2D eigenvalue weighted by Gasteiger charge is 2.06. The van der Waals surface area contributed by atoms with Crippen molar-refractivity contribution in [3.63, 3.8) is 0 Å². The van der Waals surface area contributed by atoms with Gasteiger partial charge in [-0.05, 0) is 29.8 Å². The smallest absolute Gasteiger partial charge is 0.233 e. The molecule has 0 atom stereocenters. The first kappa shape index (κ1) is 12.4. The van der Waals surface area contributed by atoms with Gasteiger partial charge < -0.3 is 11.1 Å². The fraction of sp³-hybridized carbons (Fsp3) is 0. The van der Waals surface area contributed by atoms with Crippen molar-refractivity contribution in [2.24, 2.45) is 0 Å². The van der Waals surface area contributed by atoms with Gasteiger partial charge in [-0.15, -0.1) is 0 Å². The number of rotatable bonds is 2. The van der Waals surface area contributed by atoms with Crippen LogP contribution >= 0.6 is 23.2 Å². The number of nitrogens with one attached hydrogen (secondary N) is 1. The summed E-state index contributed by atoms with van der Waals surface area (Å²) < 4.78 is 0. The summed E-state index contributed by atoms with van der Waals surface area (Å²) in [6.07, 6.45) is 0. The van der Waals surface area contributed by atoms with Gasteiger partial charge in [0.1, 0.15) is 0 Å². The molecule has 0 aliphatic carbocycles. The van der Waals surface area contributed by atoms with Gasteiger partial charge in [0.2, 0.25) is 17.2 Å². The molecule has 0 unspecified atom stereocenters. The van der Waals surface area contributed by atoms with Crippen molar-refractivity contribution in [1.82, 2.24) is 15.0 Å². The summed E-state index contributed by atoms with van der Waals surface area (Å²) in [5.74, 6) is 0.182. The average molecular weight is 281 g/mol. The lowest BCUT2D eigenvalue weighted by Crippen LogP contribution is -2.03. The van der Waals surface area contributed by atoms with E-state index in [0.29, 0.717) is 16.3 Å². The van der Waals surface area contributed by atoms with E-state index in [1.807, 2.05) is 6.07 Å². The monoisotopic (exact) mass is 280 g/mol. The highest BCUT2D eigenvalue weighted by atomic mass is 35.5. The Morgan fingerprint density at radius 3 is 2.61 bits per heavy atom. The largest absolute Gasteiger partial charge is 0.368 e. The van der Waals surface area contributed by atoms with Crippen LogP contribution in [0.4, 0.5) is 17.6 Å². The average Bonchev–Trinajstić information content (AvgIpc) is 2.30. The standard InChI is InChI=1S/C10H6Cl2N6/c11-6-3-5(4-13)1-2-7(6)15-10-17-8(12)16-9(14)18-10/h1-3H,(H3,14,15,16,17,18). The molecular formula is C10H6Cl2N6. The number of anilines is 3. The van der Waals surface area contributed by atoms with Crippen LogP contribution in [0.25, 0.3) is 0 Å². The Balaban J connectivity index is 2.31. The van der Waals surface area contributed by atoms with Crippen molar-refractivity contribution in [1.29, 1.82) is 5.26 Å². The molecule has 1 heterocycles. The maximum absolute atomic E-state index is 8.72. The van der Waals surface area contributed by atoms with Crippen LogP contribution in [0, 0.1) is 11.3 Å². The van der Waals surface area contributed by atoms with Gasteiger partial charge in [-0.25, -0.2) is 0 Å². The molecule has 1 aromatic heterocycles. The zero-order valence-corrected chi connectivity index (χ0v) is 10.4. The van der Waals surface area contributed by atoms with E-state index in [1.165, 1.54) is 6.07 Å². The van der Waals surface area contributed by atoms with E-state index in [2.05, 4.69) is 20.3 Å². The maximum atomic E-state index is 8.72. The van der Waals surface area contributed by atoms with Crippen LogP contribution in [-0.4, -0.2) is 15.0 Å². The van der Waals surface area contributed by atoms with Crippen molar-refractivity contribution in [3.8, 4) is 6.07 Å². The molecule has 90 valence electrons. The first-order valence-electron chi connectivity index (χ1n) is 4.72. The minimum atomic E-state index is -0.0187. The molecule has 2 rings (SSSR count). The van der Waals surface area contributed by atoms with Gasteiger partial charge in [-0.3, -0.25) is 0 Å². The number of nitrogen functional groups attached to an aromatic ring is 1. The van der Waals surface area contributed by atoms with Crippen LogP contribution in [0.3, 0.4) is 0 Å². The third-order valence-corrected chi connectivity index (χ3v) is 2.45. The Kier molecular flexibility index (Phi) is 3.46. The summed E-state index contributed by atoms with van der Waals surface area (Å²) in [5.41, 5.74) is 6.43. The topological polar surface area (TPSA) is 101 Å². The first-order valence-corrected chi connectivity index (χ1v) is 5.48. The Bertz CT molecular complexity index is 617. The molecule has 0 fully saturated rings. The quantitative estimate of drug-likeness (QED) is 0.876. The highest BCUT2D eigenvalue weighted by Crippen LogP contribution is 2.25. The van der Waals surface area contributed by atoms with Gasteiger partial charge in [0.25, 0.3) is 0 Å². The van der Waals surface area contributed by atoms with E-state index in [4.69, 9.17) is 34.2 Å². The summed E-state index contributed by atoms with van der Waals surface area (Å²) in [6.45, 7) is 0. The Labute approximate surface area is 112 Å². The summed E-state index contributed by atoms with van der Waals surface area (Å²) in [4.78, 5) is 11.3. The van der Waals surface area contributed by atoms with Gasteiger partial charge >= 0.3 is 0 Å². The second-order valence-corrected chi connectivity index (χ2v) is 3.96. The molecule has 18 heavy (non-hydrogen) atoms. The molecule has 0 spiro atoms. The summed E-state index contributed by atoms with van der Waals surface area (Å²) in [6, 6.07) is 6.75. The van der Waals surface area contributed by atoms with E-state index in [9.17, 15) is 0 Å². The van der Waals surface area contributed by atoms with Gasteiger partial charge in [-0.1, -0.05) is 11.6 Å². The third-order valence-electron chi connectivity index (χ3n) is 1.97. The van der Waals surface area contributed by atoms with Gasteiger partial charge in [-0.2, -0.15) is 20.2 Å². The van der Waals surface area contributed by atoms with Crippen molar-refractivity contribution < 1.29 is 0 Å². The van der Waals surface area contributed by atoms with Crippen LogP contribution in [-0.2, 0) is 0 Å². The number of aromatic nitrogens is 3. The predicted octanol–water partition coefficient (Wildman–Crippen LogP) is 2.38. The molecule has 3 N–H and O–H groups in total. The summed E-state index contributed by atoms with van der Waals surface area (Å²) in [7, 11) is 0. The number of hydrogen-bond donors (Lipinski definition) is 2. The molecule has 0 radical (unpaired) electrons. The molecule has 0 bridgehead atoms. The zero-order chi connectivity index (χ0) is 13.1. The molecule has 0 aliphatic rings. The van der Waals surface area contributed by atoms with E-state index in [0.717, 1.165) is 0 Å². The second kappa shape index (κ2) is 5.04. The number of nitriles is 1. The fourth-order valence-corrected chi connectivity index (χ4v) is 1.62. The van der Waals surface area contributed by atoms with E-state index in [1.54, 1.807) is 12.1 Å². The van der Waals surface area contributed by atoms with Crippen LogP contribution in [0.1, 0.15) is 5.56 Å². The summed E-state index contributed by atoms with van der Waals surface area (Å²) in [5, 5.41) is 11.9. The molecule has 0 aliphatic heterocycles. The number of nitrogens with zero attached hydrogens (tertiary/aromatic N) is 4. The molecule has 2 aromatic rings. The lowest BCUT2D eigenvalue weighted by molar-refractivity contribution is 1.07. The van der Waals surface area contributed by atoms with E-state index < -0.39 is 0 Å². The SMILES string of the molecule is N#Cc1ccc(Nc2nc(N)nc(Cl)n2)c(Cl)c1. The van der Waals surface area contributed by atoms with Crippen molar-refractivity contribution in [3.05, 3.63) is 34.1 Å². The number of benzene rings is 1. The van der Waals surface area contributed by atoms with E-state index in [-0.39, 0.29) is 17.2 Å². The Morgan fingerprint density at radius 1 is 1.22 bits per heavy atom. The van der Waals surface area contributed by atoms with E-state index >= 15 is 0 Å². The molecule has 0 amide bonds. The van der Waals surface area contributed by atoms with Crippen LogP contribution in [0.2, 0.25) is 10.3 Å². The number of nitrogens with two attached hydrogens (primary N) is 1. The normalized spacial score (nSPS) is 9.83. The van der Waals surface area contributed by atoms with Crippen molar-refractivity contribution >= 4 is 40.8 Å². The molecule has 0 saturated heterocycles. The first-order chi connectivity index (χ1) is 8.58. The van der Waals surface area contributed by atoms with Gasteiger partial charge in [0.05, 0.1) is 22.3 Å². The molecule has 0 saturated carbocycles.